The van der Waals surface area contributed by atoms with Gasteiger partial charge < -0.3 is 5.11 Å². The first-order chi connectivity index (χ1) is 5.41. The van der Waals surface area contributed by atoms with Crippen LogP contribution in [0.5, 0.6) is 0 Å². The van der Waals surface area contributed by atoms with Gasteiger partial charge in [-0.15, -0.1) is 0 Å². The molecule has 1 nitrogen and oxygen atoms in total. The zero-order valence-corrected chi connectivity index (χ0v) is 8.59. The SMILES string of the molecule is CC1=CCC(C(C)(C)O)CC1C. The molecule has 1 aliphatic carbocycles. The van der Waals surface area contributed by atoms with Gasteiger partial charge >= 0.3 is 0 Å². The van der Waals surface area contributed by atoms with E-state index in [1.165, 1.54) is 5.57 Å². The second-order valence-corrected chi connectivity index (χ2v) is 4.67. The molecule has 0 aliphatic heterocycles. The third kappa shape index (κ3) is 2.10. The summed E-state index contributed by atoms with van der Waals surface area (Å²) in [6.45, 7) is 8.26. The van der Waals surface area contributed by atoms with Crippen LogP contribution in [-0.2, 0) is 0 Å². The molecule has 1 heteroatoms. The topological polar surface area (TPSA) is 20.2 Å². The van der Waals surface area contributed by atoms with Crippen LogP contribution in [0.1, 0.15) is 40.5 Å². The quantitative estimate of drug-likeness (QED) is 0.597. The monoisotopic (exact) mass is 168 g/mol. The van der Waals surface area contributed by atoms with Gasteiger partial charge in [-0.1, -0.05) is 18.6 Å². The van der Waals surface area contributed by atoms with Crippen molar-refractivity contribution >= 4 is 0 Å². The molecule has 0 radical (unpaired) electrons. The molecule has 0 amide bonds. The van der Waals surface area contributed by atoms with Gasteiger partial charge in [0.05, 0.1) is 5.60 Å². The highest BCUT2D eigenvalue weighted by molar-refractivity contribution is 5.08. The Kier molecular flexibility index (Phi) is 2.62. The van der Waals surface area contributed by atoms with Gasteiger partial charge in [0.1, 0.15) is 0 Å². The Hall–Kier alpha value is -0.300. The highest BCUT2D eigenvalue weighted by atomic mass is 16.3. The summed E-state index contributed by atoms with van der Waals surface area (Å²) in [5.41, 5.74) is 0.973. The maximum absolute atomic E-state index is 9.82. The lowest BCUT2D eigenvalue weighted by atomic mass is 9.75. The molecular weight excluding hydrogens is 148 g/mol. The fourth-order valence-electron chi connectivity index (χ4n) is 1.82. The molecule has 2 atom stereocenters. The van der Waals surface area contributed by atoms with Crippen molar-refractivity contribution in [3.8, 4) is 0 Å². The molecule has 1 aliphatic rings. The van der Waals surface area contributed by atoms with Crippen LogP contribution < -0.4 is 0 Å². The second kappa shape index (κ2) is 3.21. The van der Waals surface area contributed by atoms with Crippen LogP contribution in [0.2, 0.25) is 0 Å². The van der Waals surface area contributed by atoms with Crippen molar-refractivity contribution in [2.45, 2.75) is 46.1 Å². The van der Waals surface area contributed by atoms with Gasteiger partial charge in [-0.2, -0.15) is 0 Å². The normalized spacial score (nSPS) is 31.6. The van der Waals surface area contributed by atoms with Crippen molar-refractivity contribution in [1.29, 1.82) is 0 Å². The smallest absolute Gasteiger partial charge is 0.0622 e. The molecule has 12 heavy (non-hydrogen) atoms. The van der Waals surface area contributed by atoms with Crippen molar-refractivity contribution in [2.24, 2.45) is 11.8 Å². The third-order valence-electron chi connectivity index (χ3n) is 3.14. The zero-order valence-electron chi connectivity index (χ0n) is 8.59. The second-order valence-electron chi connectivity index (χ2n) is 4.67. The highest BCUT2D eigenvalue weighted by Crippen LogP contribution is 2.34. The molecular formula is C11H20O. The van der Waals surface area contributed by atoms with Gasteiger partial charge in [0.25, 0.3) is 0 Å². The molecule has 0 aromatic heterocycles. The van der Waals surface area contributed by atoms with Crippen LogP contribution in [0.15, 0.2) is 11.6 Å². The first-order valence-electron chi connectivity index (χ1n) is 4.80. The molecule has 0 aromatic carbocycles. The minimum absolute atomic E-state index is 0.441. The number of aliphatic hydroxyl groups is 1. The predicted octanol–water partition coefficient (Wildman–Crippen LogP) is 2.75. The van der Waals surface area contributed by atoms with E-state index < -0.39 is 5.60 Å². The summed E-state index contributed by atoms with van der Waals surface area (Å²) in [6.07, 6.45) is 4.45. The summed E-state index contributed by atoms with van der Waals surface area (Å²) in [6, 6.07) is 0. The standard InChI is InChI=1S/C11H20O/c1-8-5-6-10(7-9(8)2)11(3,4)12/h5,9-10,12H,6-7H2,1-4H3. The van der Waals surface area contributed by atoms with E-state index in [1.807, 2.05) is 13.8 Å². The molecule has 1 rings (SSSR count). The van der Waals surface area contributed by atoms with E-state index in [-0.39, 0.29) is 0 Å². The van der Waals surface area contributed by atoms with Gasteiger partial charge in [0.2, 0.25) is 0 Å². The molecule has 0 saturated heterocycles. The lowest BCUT2D eigenvalue weighted by Crippen LogP contribution is -2.33. The minimum Gasteiger partial charge on any atom is -0.390 e. The van der Waals surface area contributed by atoms with E-state index in [9.17, 15) is 5.11 Å². The largest absolute Gasteiger partial charge is 0.390 e. The highest BCUT2D eigenvalue weighted by Gasteiger charge is 2.29. The van der Waals surface area contributed by atoms with Crippen LogP contribution in [0.3, 0.4) is 0 Å². The van der Waals surface area contributed by atoms with Gasteiger partial charge in [0.15, 0.2) is 0 Å². The van der Waals surface area contributed by atoms with Crippen molar-refractivity contribution in [2.75, 3.05) is 0 Å². The first-order valence-corrected chi connectivity index (χ1v) is 4.80. The Bertz CT molecular complexity index is 186. The average Bonchev–Trinajstić information content (AvgIpc) is 1.92. The Morgan fingerprint density at radius 3 is 2.50 bits per heavy atom. The molecule has 0 heterocycles. The van der Waals surface area contributed by atoms with E-state index in [2.05, 4.69) is 19.9 Å². The molecule has 0 fully saturated rings. The molecule has 0 saturated carbocycles. The maximum atomic E-state index is 9.82. The van der Waals surface area contributed by atoms with Gasteiger partial charge in [-0.3, -0.25) is 0 Å². The zero-order chi connectivity index (χ0) is 9.35. The number of hydrogen-bond acceptors (Lipinski definition) is 1. The van der Waals surface area contributed by atoms with Crippen LogP contribution in [0.25, 0.3) is 0 Å². The fourth-order valence-corrected chi connectivity index (χ4v) is 1.82. The summed E-state index contributed by atoms with van der Waals surface area (Å²) in [7, 11) is 0. The van der Waals surface area contributed by atoms with Gasteiger partial charge in [-0.05, 0) is 45.4 Å². The minimum atomic E-state index is -0.508. The van der Waals surface area contributed by atoms with Crippen LogP contribution in [0, 0.1) is 11.8 Å². The van der Waals surface area contributed by atoms with Crippen molar-refractivity contribution in [1.82, 2.24) is 0 Å². The molecule has 0 bridgehead atoms. The summed E-state index contributed by atoms with van der Waals surface area (Å²) in [5, 5.41) is 9.82. The summed E-state index contributed by atoms with van der Waals surface area (Å²) in [4.78, 5) is 0. The lowest BCUT2D eigenvalue weighted by molar-refractivity contribution is 0.00739. The Balaban J connectivity index is 2.65. The number of hydrogen-bond donors (Lipinski definition) is 1. The molecule has 0 aromatic rings. The van der Waals surface area contributed by atoms with Crippen molar-refractivity contribution in [3.05, 3.63) is 11.6 Å². The molecule has 70 valence electrons. The van der Waals surface area contributed by atoms with E-state index >= 15 is 0 Å². The van der Waals surface area contributed by atoms with E-state index in [0.717, 1.165) is 12.8 Å². The summed E-state index contributed by atoms with van der Waals surface area (Å²) >= 11 is 0. The first kappa shape index (κ1) is 9.79. The van der Waals surface area contributed by atoms with Crippen LogP contribution >= 0.6 is 0 Å². The molecule has 1 N–H and O–H groups in total. The van der Waals surface area contributed by atoms with Gasteiger partial charge in [0, 0.05) is 0 Å². The molecule has 0 spiro atoms. The Labute approximate surface area is 75.5 Å². The Morgan fingerprint density at radius 2 is 2.08 bits per heavy atom. The van der Waals surface area contributed by atoms with Crippen LogP contribution in [0.4, 0.5) is 0 Å². The third-order valence-corrected chi connectivity index (χ3v) is 3.14. The Morgan fingerprint density at radius 1 is 1.50 bits per heavy atom. The van der Waals surface area contributed by atoms with Crippen molar-refractivity contribution < 1.29 is 5.11 Å². The average molecular weight is 168 g/mol. The summed E-state index contributed by atoms with van der Waals surface area (Å²) in [5.74, 6) is 1.09. The summed E-state index contributed by atoms with van der Waals surface area (Å²) < 4.78 is 0. The van der Waals surface area contributed by atoms with Crippen molar-refractivity contribution in [3.63, 3.8) is 0 Å². The van der Waals surface area contributed by atoms with Gasteiger partial charge in [-0.25, -0.2) is 0 Å². The van der Waals surface area contributed by atoms with E-state index in [4.69, 9.17) is 0 Å². The number of rotatable bonds is 1. The number of allylic oxidation sites excluding steroid dienone is 2. The lowest BCUT2D eigenvalue weighted by Gasteiger charge is -2.34. The maximum Gasteiger partial charge on any atom is 0.0622 e. The van der Waals surface area contributed by atoms with Crippen LogP contribution in [-0.4, -0.2) is 10.7 Å². The fraction of sp³-hybridized carbons (Fsp3) is 0.818. The molecule has 2 unspecified atom stereocenters. The van der Waals surface area contributed by atoms with E-state index in [1.54, 1.807) is 0 Å². The van der Waals surface area contributed by atoms with E-state index in [0.29, 0.717) is 11.8 Å². The predicted molar refractivity (Wildman–Crippen MR) is 51.9 cm³/mol.